The van der Waals surface area contributed by atoms with Crippen molar-refractivity contribution in [3.05, 3.63) is 59.9 Å². The molecule has 0 unspecified atom stereocenters. The molecule has 0 spiro atoms. The summed E-state index contributed by atoms with van der Waals surface area (Å²) in [6.07, 6.45) is 1.94. The number of fused-ring (bicyclic) bond motifs is 1. The van der Waals surface area contributed by atoms with Gasteiger partial charge in [0.05, 0.1) is 22.9 Å². The van der Waals surface area contributed by atoms with E-state index in [0.29, 0.717) is 17.2 Å². The van der Waals surface area contributed by atoms with E-state index in [1.165, 1.54) is 35.6 Å². The van der Waals surface area contributed by atoms with Gasteiger partial charge in [0.25, 0.3) is 5.91 Å². The van der Waals surface area contributed by atoms with Crippen LogP contribution in [0.15, 0.2) is 48.5 Å². The number of carbonyl (C=O) groups excluding carboxylic acids is 1. The maximum absolute atomic E-state index is 13.2. The molecule has 1 aromatic heterocycles. The predicted molar refractivity (Wildman–Crippen MR) is 96.7 cm³/mol. The van der Waals surface area contributed by atoms with E-state index in [0.717, 1.165) is 29.7 Å². The molecule has 25 heavy (non-hydrogen) atoms. The molecular formula is C19H17FN2O2S. The van der Waals surface area contributed by atoms with Gasteiger partial charge in [0, 0.05) is 12.2 Å². The molecule has 4 rings (SSSR count). The van der Waals surface area contributed by atoms with E-state index >= 15 is 0 Å². The molecule has 4 nitrogen and oxygen atoms in total. The van der Waals surface area contributed by atoms with Crippen molar-refractivity contribution in [2.75, 3.05) is 18.1 Å². The van der Waals surface area contributed by atoms with Crippen molar-refractivity contribution in [2.45, 2.75) is 18.9 Å². The first-order chi connectivity index (χ1) is 12.2. The van der Waals surface area contributed by atoms with E-state index in [9.17, 15) is 9.18 Å². The number of ether oxygens (including phenoxy) is 1. The molecule has 0 saturated carbocycles. The largest absolute Gasteiger partial charge is 0.376 e. The van der Waals surface area contributed by atoms with Crippen molar-refractivity contribution >= 4 is 32.6 Å². The molecule has 1 saturated heterocycles. The maximum Gasteiger partial charge on any atom is 0.260 e. The van der Waals surface area contributed by atoms with E-state index in [4.69, 9.17) is 4.74 Å². The molecule has 0 radical (unpaired) electrons. The minimum atomic E-state index is -0.359. The standard InChI is InChI=1S/C19H17FN2O2S/c20-14-9-7-13(8-10-14)18(23)22(12-15-4-3-11-24-15)19-21-16-5-1-2-6-17(16)25-19/h1-2,5-10,15H,3-4,11-12H2/t15-/m0/s1. The van der Waals surface area contributed by atoms with E-state index in [1.807, 2.05) is 24.3 Å². The number of hydrogen-bond acceptors (Lipinski definition) is 4. The molecule has 0 N–H and O–H groups in total. The lowest BCUT2D eigenvalue weighted by molar-refractivity contribution is 0.0917. The minimum absolute atomic E-state index is 0.0106. The van der Waals surface area contributed by atoms with Crippen LogP contribution in [0.4, 0.5) is 9.52 Å². The zero-order valence-corrected chi connectivity index (χ0v) is 14.3. The second kappa shape index (κ2) is 6.90. The van der Waals surface area contributed by atoms with Crippen LogP contribution in [0.5, 0.6) is 0 Å². The van der Waals surface area contributed by atoms with Gasteiger partial charge >= 0.3 is 0 Å². The Kier molecular flexibility index (Phi) is 4.46. The summed E-state index contributed by atoms with van der Waals surface area (Å²) in [7, 11) is 0. The van der Waals surface area contributed by atoms with Crippen molar-refractivity contribution in [3.63, 3.8) is 0 Å². The summed E-state index contributed by atoms with van der Waals surface area (Å²) in [5.74, 6) is -0.545. The monoisotopic (exact) mass is 356 g/mol. The fourth-order valence-corrected chi connectivity index (χ4v) is 3.94. The average Bonchev–Trinajstić information content (AvgIpc) is 3.29. The molecule has 0 aliphatic carbocycles. The van der Waals surface area contributed by atoms with Gasteiger partial charge in [-0.1, -0.05) is 23.5 Å². The lowest BCUT2D eigenvalue weighted by Gasteiger charge is -2.23. The first kappa shape index (κ1) is 16.2. The van der Waals surface area contributed by atoms with Crippen LogP contribution < -0.4 is 4.90 Å². The molecule has 1 amide bonds. The maximum atomic E-state index is 13.2. The average molecular weight is 356 g/mol. The summed E-state index contributed by atoms with van der Waals surface area (Å²) >= 11 is 1.48. The highest BCUT2D eigenvalue weighted by molar-refractivity contribution is 7.22. The number of thiazole rings is 1. The van der Waals surface area contributed by atoms with Crippen LogP contribution in [-0.2, 0) is 4.74 Å². The molecule has 3 aromatic rings. The fourth-order valence-electron chi connectivity index (χ4n) is 2.96. The Morgan fingerprint density at radius 3 is 2.76 bits per heavy atom. The lowest BCUT2D eigenvalue weighted by atomic mass is 10.1. The number of anilines is 1. The van der Waals surface area contributed by atoms with Crippen LogP contribution in [0.2, 0.25) is 0 Å². The number of benzene rings is 2. The number of hydrogen-bond donors (Lipinski definition) is 0. The van der Waals surface area contributed by atoms with Crippen LogP contribution in [0.3, 0.4) is 0 Å². The van der Waals surface area contributed by atoms with Gasteiger partial charge in [0.15, 0.2) is 5.13 Å². The Balaban J connectivity index is 1.69. The molecule has 1 aliphatic heterocycles. The first-order valence-electron chi connectivity index (χ1n) is 8.25. The van der Waals surface area contributed by atoms with Crippen LogP contribution >= 0.6 is 11.3 Å². The van der Waals surface area contributed by atoms with Crippen molar-refractivity contribution in [2.24, 2.45) is 0 Å². The van der Waals surface area contributed by atoms with Gasteiger partial charge < -0.3 is 4.74 Å². The van der Waals surface area contributed by atoms with Crippen molar-refractivity contribution in [1.82, 2.24) is 4.98 Å². The smallest absolute Gasteiger partial charge is 0.260 e. The lowest BCUT2D eigenvalue weighted by Crippen LogP contribution is -2.37. The van der Waals surface area contributed by atoms with E-state index in [1.54, 1.807) is 4.90 Å². The van der Waals surface area contributed by atoms with Gasteiger partial charge in [-0.3, -0.25) is 9.69 Å². The van der Waals surface area contributed by atoms with Gasteiger partial charge in [-0.2, -0.15) is 0 Å². The van der Waals surface area contributed by atoms with E-state index in [-0.39, 0.29) is 17.8 Å². The van der Waals surface area contributed by atoms with Crippen molar-refractivity contribution in [3.8, 4) is 0 Å². The third kappa shape index (κ3) is 3.41. The van der Waals surface area contributed by atoms with E-state index in [2.05, 4.69) is 4.98 Å². The number of carbonyl (C=O) groups is 1. The summed E-state index contributed by atoms with van der Waals surface area (Å²) < 4.78 is 19.9. The van der Waals surface area contributed by atoms with Crippen LogP contribution in [-0.4, -0.2) is 30.1 Å². The molecule has 1 fully saturated rings. The number of rotatable bonds is 4. The van der Waals surface area contributed by atoms with Crippen LogP contribution in [0, 0.1) is 5.82 Å². The summed E-state index contributed by atoms with van der Waals surface area (Å²) in [5, 5.41) is 0.644. The molecule has 128 valence electrons. The SMILES string of the molecule is O=C(c1ccc(F)cc1)N(C[C@@H]1CCCO1)c1nc2ccccc2s1. The highest BCUT2D eigenvalue weighted by Gasteiger charge is 2.27. The molecule has 0 bridgehead atoms. The summed E-state index contributed by atoms with van der Waals surface area (Å²) in [5.41, 5.74) is 1.31. The van der Waals surface area contributed by atoms with Crippen molar-refractivity contribution in [1.29, 1.82) is 0 Å². The summed E-state index contributed by atoms with van der Waals surface area (Å²) in [6.45, 7) is 1.18. The highest BCUT2D eigenvalue weighted by Crippen LogP contribution is 2.30. The van der Waals surface area contributed by atoms with E-state index < -0.39 is 0 Å². The quantitative estimate of drug-likeness (QED) is 0.701. The molecule has 2 heterocycles. The molecule has 1 atom stereocenters. The first-order valence-corrected chi connectivity index (χ1v) is 9.07. The van der Waals surface area contributed by atoms with Gasteiger partial charge in [0.2, 0.25) is 0 Å². The number of para-hydroxylation sites is 1. The molecular weight excluding hydrogens is 339 g/mol. The Morgan fingerprint density at radius 1 is 1.24 bits per heavy atom. The predicted octanol–water partition coefficient (Wildman–Crippen LogP) is 4.26. The Hall–Kier alpha value is -2.31. The van der Waals surface area contributed by atoms with Crippen LogP contribution in [0.1, 0.15) is 23.2 Å². The van der Waals surface area contributed by atoms with Crippen molar-refractivity contribution < 1.29 is 13.9 Å². The molecule has 1 aliphatic rings. The second-order valence-electron chi connectivity index (χ2n) is 6.02. The normalized spacial score (nSPS) is 17.1. The van der Waals surface area contributed by atoms with Crippen LogP contribution in [0.25, 0.3) is 10.2 Å². The molecule has 2 aromatic carbocycles. The topological polar surface area (TPSA) is 42.4 Å². The Morgan fingerprint density at radius 2 is 2.04 bits per heavy atom. The highest BCUT2D eigenvalue weighted by atomic mass is 32.1. The summed E-state index contributed by atoms with van der Waals surface area (Å²) in [4.78, 5) is 19.3. The third-order valence-electron chi connectivity index (χ3n) is 4.26. The van der Waals surface area contributed by atoms with Gasteiger partial charge in [-0.05, 0) is 49.2 Å². The van der Waals surface area contributed by atoms with Gasteiger partial charge in [-0.25, -0.2) is 9.37 Å². The number of nitrogens with zero attached hydrogens (tertiary/aromatic N) is 2. The zero-order valence-electron chi connectivity index (χ0n) is 13.5. The minimum Gasteiger partial charge on any atom is -0.376 e. The second-order valence-corrected chi connectivity index (χ2v) is 7.03. The number of amides is 1. The summed E-state index contributed by atoms with van der Waals surface area (Å²) in [6, 6.07) is 13.4. The molecule has 6 heteroatoms. The Bertz CT molecular complexity index is 855. The number of halogens is 1. The zero-order chi connectivity index (χ0) is 17.2. The fraction of sp³-hybridized carbons (Fsp3) is 0.263. The van der Waals surface area contributed by atoms with Gasteiger partial charge in [0.1, 0.15) is 5.82 Å². The number of aromatic nitrogens is 1. The third-order valence-corrected chi connectivity index (χ3v) is 5.32. The van der Waals surface area contributed by atoms with Gasteiger partial charge in [-0.15, -0.1) is 0 Å². The Labute approximate surface area is 148 Å².